The molecule has 0 amide bonds. The summed E-state index contributed by atoms with van der Waals surface area (Å²) >= 11 is 0. The molecule has 6 nitrogen and oxygen atoms in total. The fourth-order valence-electron chi connectivity index (χ4n) is 1.21. The normalized spacial score (nSPS) is 10.8. The van der Waals surface area contributed by atoms with Gasteiger partial charge in [-0.15, -0.1) is 0 Å². The summed E-state index contributed by atoms with van der Waals surface area (Å²) in [6.07, 6.45) is 3.96. The minimum Gasteiger partial charge on any atom is -0.245 e. The van der Waals surface area contributed by atoms with Crippen molar-refractivity contribution >= 4 is 9.84 Å². The molecule has 0 N–H and O–H groups in total. The van der Waals surface area contributed by atoms with Crippen molar-refractivity contribution in [1.82, 2.24) is 4.98 Å². The smallest absolute Gasteiger partial charge is 0.192 e. The molecule has 0 saturated carbocycles. The van der Waals surface area contributed by atoms with Gasteiger partial charge in [0.25, 0.3) is 0 Å². The molecule has 1 heterocycles. The monoisotopic (exact) mass is 240 g/mol. The van der Waals surface area contributed by atoms with E-state index >= 15 is 0 Å². The Kier molecular flexibility index (Phi) is 4.28. The highest BCUT2D eigenvalue weighted by Gasteiger charge is 2.08. The first kappa shape index (κ1) is 12.5. The molecule has 1 rings (SSSR count). The van der Waals surface area contributed by atoms with Crippen molar-refractivity contribution in [3.63, 3.8) is 0 Å². The molecule has 0 aromatic carbocycles. The highest BCUT2D eigenvalue weighted by molar-refractivity contribution is 7.90. The van der Waals surface area contributed by atoms with Crippen LogP contribution >= 0.6 is 0 Å². The van der Waals surface area contributed by atoms with Crippen molar-refractivity contribution in [2.45, 2.75) is 17.9 Å². The molecule has 0 aliphatic rings. The molecule has 0 fully saturated rings. The number of pyridine rings is 1. The van der Waals surface area contributed by atoms with E-state index in [4.69, 9.17) is 5.53 Å². The van der Waals surface area contributed by atoms with Gasteiger partial charge in [-0.2, -0.15) is 0 Å². The van der Waals surface area contributed by atoms with Crippen LogP contribution in [-0.4, -0.2) is 26.2 Å². The molecule has 1 aromatic rings. The molecule has 0 bridgehead atoms. The van der Waals surface area contributed by atoms with Crippen molar-refractivity contribution in [1.29, 1.82) is 0 Å². The van der Waals surface area contributed by atoms with Gasteiger partial charge in [-0.3, -0.25) is 0 Å². The van der Waals surface area contributed by atoms with Crippen LogP contribution in [0.2, 0.25) is 0 Å². The van der Waals surface area contributed by atoms with E-state index in [1.165, 1.54) is 6.20 Å². The van der Waals surface area contributed by atoms with Crippen LogP contribution < -0.4 is 0 Å². The van der Waals surface area contributed by atoms with E-state index < -0.39 is 9.84 Å². The van der Waals surface area contributed by atoms with Gasteiger partial charge in [-0.1, -0.05) is 5.11 Å². The molecular formula is C9H12N4O2S. The number of hydrogen-bond donors (Lipinski definition) is 0. The lowest BCUT2D eigenvalue weighted by molar-refractivity contribution is 0.598. The van der Waals surface area contributed by atoms with Crippen LogP contribution in [0.15, 0.2) is 28.5 Å². The Morgan fingerprint density at radius 1 is 1.56 bits per heavy atom. The van der Waals surface area contributed by atoms with Crippen LogP contribution in [0.1, 0.15) is 12.0 Å². The second kappa shape index (κ2) is 5.48. The first-order chi connectivity index (χ1) is 7.54. The minimum absolute atomic E-state index is 0.0776. The number of rotatable bonds is 5. The average molecular weight is 240 g/mol. The standard InChI is InChI=1S/C9H12N4O2S/c1-16(14,15)9-7-8(4-6-11-9)3-2-5-12-13-10/h4,6-7H,2-3,5H2,1H3. The van der Waals surface area contributed by atoms with Crippen molar-refractivity contribution in [2.75, 3.05) is 12.8 Å². The molecule has 7 heteroatoms. The third-order valence-corrected chi connectivity index (χ3v) is 2.95. The lowest BCUT2D eigenvalue weighted by Crippen LogP contribution is -2.01. The number of azide groups is 1. The van der Waals surface area contributed by atoms with Crippen LogP contribution in [-0.2, 0) is 16.3 Å². The fraction of sp³-hybridized carbons (Fsp3) is 0.444. The van der Waals surface area contributed by atoms with Gasteiger partial charge in [0.2, 0.25) is 0 Å². The predicted molar refractivity (Wildman–Crippen MR) is 59.7 cm³/mol. The van der Waals surface area contributed by atoms with E-state index in [0.29, 0.717) is 19.4 Å². The Morgan fingerprint density at radius 3 is 2.94 bits per heavy atom. The third-order valence-electron chi connectivity index (χ3n) is 1.97. The zero-order valence-electron chi connectivity index (χ0n) is 8.87. The lowest BCUT2D eigenvalue weighted by atomic mass is 10.1. The molecule has 1 aromatic heterocycles. The number of aromatic nitrogens is 1. The highest BCUT2D eigenvalue weighted by Crippen LogP contribution is 2.09. The molecule has 0 unspecified atom stereocenters. The van der Waals surface area contributed by atoms with Gasteiger partial charge in [0.1, 0.15) is 0 Å². The summed E-state index contributed by atoms with van der Waals surface area (Å²) in [5.41, 5.74) is 8.96. The van der Waals surface area contributed by atoms with Crippen LogP contribution in [0.3, 0.4) is 0 Å². The van der Waals surface area contributed by atoms with Crippen LogP contribution in [0.4, 0.5) is 0 Å². The molecule has 86 valence electrons. The van der Waals surface area contributed by atoms with Crippen molar-refractivity contribution in [3.8, 4) is 0 Å². The van der Waals surface area contributed by atoms with Crippen LogP contribution in [0.5, 0.6) is 0 Å². The van der Waals surface area contributed by atoms with Crippen LogP contribution in [0.25, 0.3) is 10.4 Å². The summed E-state index contributed by atoms with van der Waals surface area (Å²) in [5, 5.41) is 3.48. The predicted octanol–water partition coefficient (Wildman–Crippen LogP) is 1.73. The number of sulfone groups is 1. The number of hydrogen-bond acceptors (Lipinski definition) is 4. The largest absolute Gasteiger partial charge is 0.245 e. The van der Waals surface area contributed by atoms with E-state index in [9.17, 15) is 8.42 Å². The zero-order chi connectivity index (χ0) is 12.0. The Labute approximate surface area is 93.9 Å². The summed E-state index contributed by atoms with van der Waals surface area (Å²) in [6.45, 7) is 0.410. The molecule has 0 aliphatic heterocycles. The molecule has 0 radical (unpaired) electrons. The van der Waals surface area contributed by atoms with Gasteiger partial charge in [0.05, 0.1) is 0 Å². The Balaban J connectivity index is 2.72. The quantitative estimate of drug-likeness (QED) is 0.339. The molecule has 0 atom stereocenters. The van der Waals surface area contributed by atoms with Crippen molar-refractivity contribution in [2.24, 2.45) is 5.11 Å². The molecule has 0 saturated heterocycles. The van der Waals surface area contributed by atoms with Gasteiger partial charge in [-0.05, 0) is 36.1 Å². The lowest BCUT2D eigenvalue weighted by Gasteiger charge is -2.01. The maximum absolute atomic E-state index is 11.2. The minimum atomic E-state index is -3.25. The first-order valence-corrected chi connectivity index (χ1v) is 6.59. The zero-order valence-corrected chi connectivity index (χ0v) is 9.68. The maximum atomic E-state index is 11.2. The maximum Gasteiger partial charge on any atom is 0.192 e. The van der Waals surface area contributed by atoms with E-state index in [1.54, 1.807) is 12.1 Å². The fourth-order valence-corrected chi connectivity index (χ4v) is 1.83. The molecule has 16 heavy (non-hydrogen) atoms. The van der Waals surface area contributed by atoms with Crippen LogP contribution in [0, 0.1) is 0 Å². The van der Waals surface area contributed by atoms with E-state index in [1.807, 2.05) is 0 Å². The van der Waals surface area contributed by atoms with Crippen molar-refractivity contribution < 1.29 is 8.42 Å². The summed E-state index contributed by atoms with van der Waals surface area (Å²) in [5.74, 6) is 0. The molecule has 0 aliphatic carbocycles. The second-order valence-electron chi connectivity index (χ2n) is 3.33. The Morgan fingerprint density at radius 2 is 2.31 bits per heavy atom. The first-order valence-electron chi connectivity index (χ1n) is 4.70. The summed E-state index contributed by atoms with van der Waals surface area (Å²) in [4.78, 5) is 6.43. The van der Waals surface area contributed by atoms with Gasteiger partial charge in [-0.25, -0.2) is 13.4 Å². The highest BCUT2D eigenvalue weighted by atomic mass is 32.2. The van der Waals surface area contributed by atoms with Crippen molar-refractivity contribution in [3.05, 3.63) is 34.3 Å². The third kappa shape index (κ3) is 3.88. The Hall–Kier alpha value is -1.59. The number of nitrogens with zero attached hydrogens (tertiary/aromatic N) is 4. The van der Waals surface area contributed by atoms with Gasteiger partial charge in [0.15, 0.2) is 14.9 Å². The van der Waals surface area contributed by atoms with Gasteiger partial charge < -0.3 is 0 Å². The topological polar surface area (TPSA) is 95.8 Å². The Bertz CT molecular complexity index is 506. The van der Waals surface area contributed by atoms with Gasteiger partial charge in [0, 0.05) is 23.9 Å². The molecular weight excluding hydrogens is 228 g/mol. The average Bonchev–Trinajstić information content (AvgIpc) is 2.24. The number of aryl methyl sites for hydroxylation is 1. The molecule has 0 spiro atoms. The second-order valence-corrected chi connectivity index (χ2v) is 5.30. The SMILES string of the molecule is CS(=O)(=O)c1cc(CCCN=[N+]=[N-])ccn1. The van der Waals surface area contributed by atoms with E-state index in [0.717, 1.165) is 11.8 Å². The summed E-state index contributed by atoms with van der Waals surface area (Å²) in [6, 6.07) is 3.30. The summed E-state index contributed by atoms with van der Waals surface area (Å²) in [7, 11) is -3.25. The van der Waals surface area contributed by atoms with E-state index in [2.05, 4.69) is 15.0 Å². The van der Waals surface area contributed by atoms with Gasteiger partial charge >= 0.3 is 0 Å². The summed E-state index contributed by atoms with van der Waals surface area (Å²) < 4.78 is 22.5. The van der Waals surface area contributed by atoms with E-state index in [-0.39, 0.29) is 5.03 Å².